The van der Waals surface area contributed by atoms with Crippen LogP contribution in [0.3, 0.4) is 0 Å². The van der Waals surface area contributed by atoms with Gasteiger partial charge in [-0.25, -0.2) is 35.8 Å². The second-order valence-corrected chi connectivity index (χ2v) is 8.00. The van der Waals surface area contributed by atoms with Gasteiger partial charge in [-0.1, -0.05) is 23.2 Å². The second kappa shape index (κ2) is 7.36. The Kier molecular flexibility index (Phi) is 5.41. The van der Waals surface area contributed by atoms with Crippen LogP contribution in [-0.2, 0) is 10.0 Å². The minimum Gasteiger partial charge on any atom is -0.232 e. The van der Waals surface area contributed by atoms with Crippen LogP contribution in [0.25, 0.3) is 16.9 Å². The highest BCUT2D eigenvalue weighted by Crippen LogP contribution is 2.33. The Morgan fingerprint density at radius 2 is 1.57 bits per heavy atom. The molecule has 3 rings (SSSR count). The third kappa shape index (κ3) is 4.00. The summed E-state index contributed by atoms with van der Waals surface area (Å²) in [4.78, 5) is -1.07. The maximum atomic E-state index is 14.5. The number of rotatable bonds is 4. The normalized spacial score (nSPS) is 12.0. The molecule has 0 spiro atoms. The summed E-state index contributed by atoms with van der Waals surface area (Å²) in [6, 6.07) is 5.77. The Morgan fingerprint density at radius 1 is 0.964 bits per heavy atom. The second-order valence-electron chi connectivity index (χ2n) is 5.60. The molecular formula is C16H9Cl2F4N3O2S. The molecule has 3 aromatic rings. The molecule has 0 aliphatic heterocycles. The number of nitrogens with zero attached hydrogens (tertiary/aromatic N) is 2. The van der Waals surface area contributed by atoms with Crippen molar-refractivity contribution in [2.45, 2.75) is 11.3 Å². The van der Waals surface area contributed by atoms with E-state index in [0.717, 1.165) is 10.7 Å². The molecule has 0 bridgehead atoms. The van der Waals surface area contributed by atoms with E-state index in [9.17, 15) is 26.0 Å². The monoisotopic (exact) mass is 453 g/mol. The molecule has 5 nitrogen and oxygen atoms in total. The van der Waals surface area contributed by atoms with Gasteiger partial charge in [0.15, 0.2) is 0 Å². The number of hydrogen-bond donors (Lipinski definition) is 1. The highest BCUT2D eigenvalue weighted by Gasteiger charge is 2.24. The van der Waals surface area contributed by atoms with Crippen LogP contribution in [0.15, 0.2) is 41.3 Å². The zero-order valence-electron chi connectivity index (χ0n) is 13.5. The Bertz CT molecular complexity index is 1160. The molecule has 0 atom stereocenters. The maximum Gasteiger partial charge on any atom is 0.282 e. The summed E-state index contributed by atoms with van der Waals surface area (Å²) < 4.78 is 78.6. The number of alkyl halides is 2. The maximum absolute atomic E-state index is 14.5. The molecular weight excluding hydrogens is 445 g/mol. The van der Waals surface area contributed by atoms with Crippen molar-refractivity contribution in [3.8, 4) is 16.9 Å². The summed E-state index contributed by atoms with van der Waals surface area (Å²) in [5.41, 5.74) is -1.40. The third-order valence-corrected chi connectivity index (χ3v) is 5.01. The summed E-state index contributed by atoms with van der Waals surface area (Å²) >= 11 is 11.8. The number of hydrogen-bond acceptors (Lipinski definition) is 3. The van der Waals surface area contributed by atoms with Gasteiger partial charge in [0.25, 0.3) is 6.43 Å². The lowest BCUT2D eigenvalue weighted by molar-refractivity contribution is 0.145. The van der Waals surface area contributed by atoms with Gasteiger partial charge in [0.2, 0.25) is 10.0 Å². The molecule has 28 heavy (non-hydrogen) atoms. The van der Waals surface area contributed by atoms with E-state index in [0.29, 0.717) is 12.1 Å². The number of sulfonamides is 1. The van der Waals surface area contributed by atoms with Crippen molar-refractivity contribution in [1.82, 2.24) is 9.78 Å². The molecule has 0 aliphatic carbocycles. The van der Waals surface area contributed by atoms with Crippen molar-refractivity contribution < 1.29 is 26.0 Å². The minimum absolute atomic E-state index is 0.106. The SMILES string of the molecule is NS(=O)(=O)c1cc(F)c(-c2cc(C(F)F)nn2-c2cc(Cl)cc(Cl)c2)cc1F. The van der Waals surface area contributed by atoms with Crippen LogP contribution in [-0.4, -0.2) is 18.2 Å². The van der Waals surface area contributed by atoms with Gasteiger partial charge >= 0.3 is 0 Å². The number of nitrogens with two attached hydrogens (primary N) is 1. The molecule has 0 saturated heterocycles. The quantitative estimate of drug-likeness (QED) is 0.581. The van der Waals surface area contributed by atoms with Crippen molar-refractivity contribution in [3.05, 3.63) is 63.8 Å². The van der Waals surface area contributed by atoms with E-state index in [1.165, 1.54) is 18.2 Å². The first-order chi connectivity index (χ1) is 13.0. The zero-order chi connectivity index (χ0) is 20.8. The van der Waals surface area contributed by atoms with Crippen LogP contribution in [0.5, 0.6) is 0 Å². The summed E-state index contributed by atoms with van der Waals surface area (Å²) in [6.07, 6.45) is -3.01. The van der Waals surface area contributed by atoms with E-state index < -0.39 is 44.2 Å². The fourth-order valence-corrected chi connectivity index (χ4v) is 3.61. The van der Waals surface area contributed by atoms with Crippen molar-refractivity contribution in [2.24, 2.45) is 5.14 Å². The van der Waals surface area contributed by atoms with Crippen molar-refractivity contribution in [1.29, 1.82) is 0 Å². The molecule has 0 fully saturated rings. The first-order valence-corrected chi connectivity index (χ1v) is 9.64. The summed E-state index contributed by atoms with van der Waals surface area (Å²) in [5, 5.41) is 8.83. The zero-order valence-corrected chi connectivity index (χ0v) is 15.8. The topological polar surface area (TPSA) is 78.0 Å². The van der Waals surface area contributed by atoms with Crippen LogP contribution < -0.4 is 5.14 Å². The molecule has 0 amide bonds. The van der Waals surface area contributed by atoms with E-state index in [1.807, 2.05) is 0 Å². The number of primary sulfonamides is 1. The lowest BCUT2D eigenvalue weighted by atomic mass is 10.1. The number of aromatic nitrogens is 2. The van der Waals surface area contributed by atoms with Gasteiger partial charge in [0.1, 0.15) is 22.2 Å². The number of halogens is 6. The van der Waals surface area contributed by atoms with Crippen molar-refractivity contribution in [3.63, 3.8) is 0 Å². The van der Waals surface area contributed by atoms with Gasteiger partial charge in [-0.15, -0.1) is 0 Å². The van der Waals surface area contributed by atoms with Gasteiger partial charge in [-0.05, 0) is 36.4 Å². The summed E-state index contributed by atoms with van der Waals surface area (Å²) in [6.45, 7) is 0. The smallest absolute Gasteiger partial charge is 0.232 e. The Labute approximate surface area is 166 Å². The summed E-state index contributed by atoms with van der Waals surface area (Å²) in [5.74, 6) is -2.56. The Balaban J connectivity index is 2.29. The van der Waals surface area contributed by atoms with Crippen molar-refractivity contribution in [2.75, 3.05) is 0 Å². The molecule has 0 saturated carbocycles. The third-order valence-electron chi connectivity index (χ3n) is 3.65. The molecule has 0 radical (unpaired) electrons. The van der Waals surface area contributed by atoms with E-state index in [2.05, 4.69) is 5.10 Å². The first-order valence-electron chi connectivity index (χ1n) is 7.34. The van der Waals surface area contributed by atoms with E-state index in [4.69, 9.17) is 28.3 Å². The molecule has 1 heterocycles. The fourth-order valence-electron chi connectivity index (χ4n) is 2.50. The average molecular weight is 454 g/mol. The van der Waals surface area contributed by atoms with Gasteiger partial charge in [-0.3, -0.25) is 0 Å². The van der Waals surface area contributed by atoms with Crippen LogP contribution in [0.1, 0.15) is 12.1 Å². The molecule has 0 unspecified atom stereocenters. The predicted molar refractivity (Wildman–Crippen MR) is 95.3 cm³/mol. The van der Waals surface area contributed by atoms with E-state index >= 15 is 0 Å². The van der Waals surface area contributed by atoms with Crippen LogP contribution >= 0.6 is 23.2 Å². The molecule has 2 N–H and O–H groups in total. The lowest BCUT2D eigenvalue weighted by Gasteiger charge is -2.11. The minimum atomic E-state index is -4.53. The van der Waals surface area contributed by atoms with E-state index in [1.54, 1.807) is 0 Å². The Morgan fingerprint density at radius 3 is 2.11 bits per heavy atom. The highest BCUT2D eigenvalue weighted by atomic mass is 35.5. The van der Waals surface area contributed by atoms with Crippen LogP contribution in [0.4, 0.5) is 17.6 Å². The van der Waals surface area contributed by atoms with Gasteiger partial charge < -0.3 is 0 Å². The van der Waals surface area contributed by atoms with Crippen molar-refractivity contribution >= 4 is 33.2 Å². The lowest BCUT2D eigenvalue weighted by Crippen LogP contribution is -2.15. The molecule has 2 aromatic carbocycles. The first kappa shape index (κ1) is 20.6. The highest BCUT2D eigenvalue weighted by molar-refractivity contribution is 7.89. The molecule has 1 aromatic heterocycles. The van der Waals surface area contributed by atoms with Crippen LogP contribution in [0, 0.1) is 11.6 Å². The molecule has 12 heteroatoms. The van der Waals surface area contributed by atoms with E-state index in [-0.39, 0.29) is 21.4 Å². The largest absolute Gasteiger partial charge is 0.282 e. The summed E-state index contributed by atoms with van der Waals surface area (Å²) in [7, 11) is -4.53. The van der Waals surface area contributed by atoms with Gasteiger partial charge in [0, 0.05) is 15.6 Å². The predicted octanol–water partition coefficient (Wildman–Crippen LogP) is 4.71. The van der Waals surface area contributed by atoms with Gasteiger partial charge in [0.05, 0.1) is 11.4 Å². The standard InChI is InChI=1S/C16H9Cl2F4N3O2S/c17-7-1-8(18)3-9(2-7)25-14(6-13(24-25)16(21)22)10-4-12(20)15(5-11(10)19)28(23,26)27/h1-6,16H,(H2,23,26,27). The molecule has 0 aliphatic rings. The average Bonchev–Trinajstić information content (AvgIpc) is 3.00. The number of benzene rings is 2. The van der Waals surface area contributed by atoms with Gasteiger partial charge in [-0.2, -0.15) is 5.10 Å². The fraction of sp³-hybridized carbons (Fsp3) is 0.0625. The Hall–Kier alpha value is -2.14. The molecule has 148 valence electrons. The van der Waals surface area contributed by atoms with Crippen LogP contribution in [0.2, 0.25) is 10.0 Å².